The Morgan fingerprint density at radius 1 is 1.07 bits per heavy atom. The number of fused-ring (bicyclic) bond motifs is 1. The van der Waals surface area contributed by atoms with E-state index in [9.17, 15) is 14.9 Å². The summed E-state index contributed by atoms with van der Waals surface area (Å²) in [6.45, 7) is 1.62. The summed E-state index contributed by atoms with van der Waals surface area (Å²) in [4.78, 5) is 27.9. The lowest BCUT2D eigenvalue weighted by atomic mass is 10.1. The van der Waals surface area contributed by atoms with Gasteiger partial charge in [0, 0.05) is 11.8 Å². The van der Waals surface area contributed by atoms with Crippen LogP contribution in [-0.2, 0) is 4.79 Å². The summed E-state index contributed by atoms with van der Waals surface area (Å²) in [7, 11) is 0. The predicted molar refractivity (Wildman–Crippen MR) is 118 cm³/mol. The Balaban J connectivity index is 1.57. The van der Waals surface area contributed by atoms with Gasteiger partial charge in [0.2, 0.25) is 5.91 Å². The van der Waals surface area contributed by atoms with Gasteiger partial charge in [-0.25, -0.2) is 4.98 Å². The Morgan fingerprint density at radius 3 is 2.57 bits per heavy atom. The van der Waals surface area contributed by atoms with Gasteiger partial charge in [0.25, 0.3) is 5.69 Å². The summed E-state index contributed by atoms with van der Waals surface area (Å²) < 4.78 is 2.02. The molecule has 3 aromatic carbocycles. The standard InChI is InChI=1S/C22H18N4O3S/c1-15-17(11-7-13-19(15)26(28)29)23-21(27)14-30-22-24-18-10-5-6-12-20(18)25(22)16-8-3-2-4-9-16/h2-13H,14H2,1H3,(H,23,27). The molecule has 30 heavy (non-hydrogen) atoms. The van der Waals surface area contributed by atoms with Gasteiger partial charge < -0.3 is 5.32 Å². The highest BCUT2D eigenvalue weighted by Crippen LogP contribution is 2.29. The van der Waals surface area contributed by atoms with E-state index in [0.29, 0.717) is 16.4 Å². The van der Waals surface area contributed by atoms with E-state index < -0.39 is 4.92 Å². The molecule has 0 aliphatic carbocycles. The van der Waals surface area contributed by atoms with Gasteiger partial charge in [-0.05, 0) is 37.3 Å². The first kappa shape index (κ1) is 19.7. The number of anilines is 1. The normalized spacial score (nSPS) is 10.8. The quantitative estimate of drug-likeness (QED) is 0.271. The molecule has 0 radical (unpaired) electrons. The highest BCUT2D eigenvalue weighted by molar-refractivity contribution is 7.99. The number of amides is 1. The number of nitro groups is 1. The van der Waals surface area contributed by atoms with E-state index in [1.807, 2.05) is 59.2 Å². The largest absolute Gasteiger partial charge is 0.325 e. The molecule has 4 rings (SSSR count). The van der Waals surface area contributed by atoms with Gasteiger partial charge in [0.1, 0.15) is 0 Å². The van der Waals surface area contributed by atoms with Crippen LogP contribution in [-0.4, -0.2) is 26.1 Å². The van der Waals surface area contributed by atoms with Crippen LogP contribution in [0, 0.1) is 17.0 Å². The van der Waals surface area contributed by atoms with Crippen molar-refractivity contribution in [1.82, 2.24) is 9.55 Å². The fraction of sp³-hybridized carbons (Fsp3) is 0.0909. The van der Waals surface area contributed by atoms with Crippen LogP contribution in [0.5, 0.6) is 0 Å². The van der Waals surface area contributed by atoms with Gasteiger partial charge in [-0.1, -0.05) is 48.2 Å². The van der Waals surface area contributed by atoms with Crippen molar-refractivity contribution in [3.8, 4) is 5.69 Å². The van der Waals surface area contributed by atoms with Crippen molar-refractivity contribution in [2.45, 2.75) is 12.1 Å². The van der Waals surface area contributed by atoms with E-state index in [-0.39, 0.29) is 17.3 Å². The first-order valence-corrected chi connectivity index (χ1v) is 10.2. The lowest BCUT2D eigenvalue weighted by Gasteiger charge is -2.10. The topological polar surface area (TPSA) is 90.1 Å². The molecule has 7 nitrogen and oxygen atoms in total. The van der Waals surface area contributed by atoms with Crippen LogP contribution < -0.4 is 5.32 Å². The van der Waals surface area contributed by atoms with E-state index in [4.69, 9.17) is 0 Å². The van der Waals surface area contributed by atoms with Crippen molar-refractivity contribution in [2.75, 3.05) is 11.1 Å². The van der Waals surface area contributed by atoms with E-state index in [2.05, 4.69) is 10.3 Å². The molecule has 1 aromatic heterocycles. The van der Waals surface area contributed by atoms with Gasteiger partial charge in [-0.2, -0.15) is 0 Å². The molecule has 0 saturated carbocycles. The number of hydrogen-bond donors (Lipinski definition) is 1. The molecular formula is C22H18N4O3S. The average molecular weight is 418 g/mol. The minimum absolute atomic E-state index is 0.0219. The third-order valence-electron chi connectivity index (χ3n) is 4.65. The number of carbonyl (C=O) groups is 1. The Morgan fingerprint density at radius 2 is 1.80 bits per heavy atom. The zero-order chi connectivity index (χ0) is 21.1. The van der Waals surface area contributed by atoms with Gasteiger partial charge in [0.15, 0.2) is 5.16 Å². The van der Waals surface area contributed by atoms with Gasteiger partial charge in [-0.15, -0.1) is 0 Å². The fourth-order valence-electron chi connectivity index (χ4n) is 3.20. The van der Waals surface area contributed by atoms with Crippen molar-refractivity contribution in [2.24, 2.45) is 0 Å². The lowest BCUT2D eigenvalue weighted by molar-refractivity contribution is -0.385. The Bertz CT molecular complexity index is 1240. The minimum Gasteiger partial charge on any atom is -0.325 e. The third kappa shape index (κ3) is 3.90. The van der Waals surface area contributed by atoms with Crippen LogP contribution in [0.4, 0.5) is 11.4 Å². The second-order valence-corrected chi connectivity index (χ2v) is 7.54. The molecule has 1 heterocycles. The number of nitrogens with one attached hydrogen (secondary N) is 1. The van der Waals surface area contributed by atoms with E-state index in [1.54, 1.807) is 19.1 Å². The van der Waals surface area contributed by atoms with Crippen molar-refractivity contribution in [3.05, 3.63) is 88.5 Å². The van der Waals surface area contributed by atoms with Crippen LogP contribution in [0.25, 0.3) is 16.7 Å². The minimum atomic E-state index is -0.456. The SMILES string of the molecule is Cc1c(NC(=O)CSc2nc3ccccc3n2-c2ccccc2)cccc1[N+](=O)[O-]. The summed E-state index contributed by atoms with van der Waals surface area (Å²) in [5.74, 6) is -0.131. The first-order valence-electron chi connectivity index (χ1n) is 9.24. The molecular weight excluding hydrogens is 400 g/mol. The summed E-state index contributed by atoms with van der Waals surface area (Å²) in [6, 6.07) is 22.3. The van der Waals surface area contributed by atoms with Crippen LogP contribution in [0.3, 0.4) is 0 Å². The maximum absolute atomic E-state index is 12.5. The van der Waals surface area contributed by atoms with Crippen LogP contribution in [0.2, 0.25) is 0 Å². The highest BCUT2D eigenvalue weighted by atomic mass is 32.2. The van der Waals surface area contributed by atoms with Crippen LogP contribution in [0.1, 0.15) is 5.56 Å². The second kappa shape index (κ2) is 8.38. The molecule has 4 aromatic rings. The van der Waals surface area contributed by atoms with E-state index >= 15 is 0 Å². The highest BCUT2D eigenvalue weighted by Gasteiger charge is 2.17. The van der Waals surface area contributed by atoms with Gasteiger partial charge in [0.05, 0.1) is 33.0 Å². The van der Waals surface area contributed by atoms with Crippen molar-refractivity contribution in [3.63, 3.8) is 0 Å². The monoisotopic (exact) mass is 418 g/mol. The molecule has 0 saturated heterocycles. The predicted octanol–water partition coefficient (Wildman–Crippen LogP) is 4.97. The molecule has 0 bridgehead atoms. The van der Waals surface area contributed by atoms with Crippen molar-refractivity contribution >= 4 is 40.1 Å². The molecule has 1 amide bonds. The Labute approximate surface area is 176 Å². The van der Waals surface area contributed by atoms with E-state index in [1.165, 1.54) is 17.8 Å². The number of hydrogen-bond acceptors (Lipinski definition) is 5. The average Bonchev–Trinajstić information content (AvgIpc) is 3.12. The lowest BCUT2D eigenvalue weighted by Crippen LogP contribution is -2.15. The fourth-order valence-corrected chi connectivity index (χ4v) is 4.03. The Kier molecular flexibility index (Phi) is 5.49. The van der Waals surface area contributed by atoms with Crippen molar-refractivity contribution in [1.29, 1.82) is 0 Å². The number of carbonyl (C=O) groups excluding carboxylic acids is 1. The third-order valence-corrected chi connectivity index (χ3v) is 5.59. The van der Waals surface area contributed by atoms with Crippen LogP contribution >= 0.6 is 11.8 Å². The van der Waals surface area contributed by atoms with Crippen molar-refractivity contribution < 1.29 is 9.72 Å². The number of aromatic nitrogens is 2. The number of nitro benzene ring substituents is 1. The van der Waals surface area contributed by atoms with E-state index in [0.717, 1.165) is 16.7 Å². The number of rotatable bonds is 6. The maximum atomic E-state index is 12.5. The number of benzene rings is 3. The molecule has 1 N–H and O–H groups in total. The molecule has 150 valence electrons. The summed E-state index contributed by atoms with van der Waals surface area (Å²) in [5, 5.41) is 14.6. The number of thioether (sulfide) groups is 1. The number of para-hydroxylation sites is 3. The zero-order valence-corrected chi connectivity index (χ0v) is 16.9. The van der Waals surface area contributed by atoms with Gasteiger partial charge in [-0.3, -0.25) is 19.5 Å². The smallest absolute Gasteiger partial charge is 0.274 e. The summed E-state index contributed by atoms with van der Waals surface area (Å²) in [6.07, 6.45) is 0. The maximum Gasteiger partial charge on any atom is 0.274 e. The molecule has 0 unspecified atom stereocenters. The zero-order valence-electron chi connectivity index (χ0n) is 16.1. The first-order chi connectivity index (χ1) is 14.5. The second-order valence-electron chi connectivity index (χ2n) is 6.60. The van der Waals surface area contributed by atoms with Crippen LogP contribution in [0.15, 0.2) is 78.0 Å². The molecule has 0 fully saturated rings. The Hall–Kier alpha value is -3.65. The summed E-state index contributed by atoms with van der Waals surface area (Å²) >= 11 is 1.32. The molecule has 0 atom stereocenters. The molecule has 8 heteroatoms. The summed E-state index contributed by atoms with van der Waals surface area (Å²) in [5.41, 5.74) is 3.61. The molecule has 0 aliphatic rings. The molecule has 0 spiro atoms. The molecule has 0 aliphatic heterocycles. The van der Waals surface area contributed by atoms with Gasteiger partial charge >= 0.3 is 0 Å². The number of imidazole rings is 1. The number of nitrogens with zero attached hydrogens (tertiary/aromatic N) is 3.